The second kappa shape index (κ2) is 4.43. The maximum atomic E-state index is 13.7. The molecule has 1 aromatic heterocycles. The van der Waals surface area contributed by atoms with Crippen molar-refractivity contribution in [3.8, 4) is 0 Å². The van der Waals surface area contributed by atoms with Crippen molar-refractivity contribution in [1.29, 1.82) is 0 Å². The Bertz CT molecular complexity index is 371. The van der Waals surface area contributed by atoms with Crippen molar-refractivity contribution in [2.75, 3.05) is 13.1 Å². The molecule has 1 aromatic rings. The molecule has 1 atom stereocenters. The SMILES string of the molecule is OCc1cc(C2CNCCC2(F)F)ccn1. The van der Waals surface area contributed by atoms with E-state index in [1.54, 1.807) is 12.1 Å². The number of nitrogens with one attached hydrogen (secondary N) is 1. The summed E-state index contributed by atoms with van der Waals surface area (Å²) in [5.74, 6) is -3.51. The van der Waals surface area contributed by atoms with Gasteiger partial charge in [0.25, 0.3) is 5.92 Å². The molecule has 0 radical (unpaired) electrons. The van der Waals surface area contributed by atoms with E-state index in [1.165, 1.54) is 6.20 Å². The molecule has 1 saturated heterocycles. The molecular formula is C11H14F2N2O. The fourth-order valence-electron chi connectivity index (χ4n) is 1.99. The van der Waals surface area contributed by atoms with Crippen molar-refractivity contribution in [3.63, 3.8) is 0 Å². The van der Waals surface area contributed by atoms with E-state index in [2.05, 4.69) is 10.3 Å². The number of aliphatic hydroxyl groups excluding tert-OH is 1. The van der Waals surface area contributed by atoms with E-state index >= 15 is 0 Å². The first-order chi connectivity index (χ1) is 7.63. The molecule has 1 fully saturated rings. The lowest BCUT2D eigenvalue weighted by molar-refractivity contribution is -0.0479. The molecule has 0 bridgehead atoms. The first-order valence-corrected chi connectivity index (χ1v) is 5.28. The van der Waals surface area contributed by atoms with Gasteiger partial charge in [0.05, 0.1) is 18.2 Å². The molecule has 16 heavy (non-hydrogen) atoms. The van der Waals surface area contributed by atoms with E-state index in [0.717, 1.165) is 0 Å². The van der Waals surface area contributed by atoms with Crippen molar-refractivity contribution in [2.24, 2.45) is 0 Å². The van der Waals surface area contributed by atoms with Gasteiger partial charge in [-0.25, -0.2) is 8.78 Å². The van der Waals surface area contributed by atoms with Gasteiger partial charge in [-0.2, -0.15) is 0 Å². The summed E-state index contributed by atoms with van der Waals surface area (Å²) in [4.78, 5) is 3.89. The zero-order valence-electron chi connectivity index (χ0n) is 8.79. The van der Waals surface area contributed by atoms with Crippen molar-refractivity contribution < 1.29 is 13.9 Å². The van der Waals surface area contributed by atoms with Crippen LogP contribution in [0.15, 0.2) is 18.3 Å². The van der Waals surface area contributed by atoms with Crippen molar-refractivity contribution >= 4 is 0 Å². The molecule has 5 heteroatoms. The van der Waals surface area contributed by atoms with Crippen molar-refractivity contribution in [2.45, 2.75) is 24.9 Å². The van der Waals surface area contributed by atoms with Crippen LogP contribution >= 0.6 is 0 Å². The summed E-state index contributed by atoms with van der Waals surface area (Å²) in [6, 6.07) is 3.14. The molecule has 0 aliphatic carbocycles. The number of pyridine rings is 1. The number of aliphatic hydroxyl groups is 1. The molecule has 3 nitrogen and oxygen atoms in total. The van der Waals surface area contributed by atoms with Crippen LogP contribution in [0.4, 0.5) is 8.78 Å². The number of hydrogen-bond acceptors (Lipinski definition) is 3. The standard InChI is InChI=1S/C11H14F2N2O/c12-11(13)2-4-14-6-10(11)8-1-3-15-9(5-8)7-16/h1,3,5,10,14,16H,2,4,6-7H2. The monoisotopic (exact) mass is 228 g/mol. The molecule has 0 amide bonds. The minimum Gasteiger partial charge on any atom is -0.390 e. The molecule has 0 aromatic carbocycles. The quantitative estimate of drug-likeness (QED) is 0.801. The van der Waals surface area contributed by atoms with Gasteiger partial charge < -0.3 is 10.4 Å². The highest BCUT2D eigenvalue weighted by Gasteiger charge is 2.42. The average molecular weight is 228 g/mol. The molecule has 2 heterocycles. The van der Waals surface area contributed by atoms with Crippen LogP contribution in [-0.4, -0.2) is 29.1 Å². The Hall–Kier alpha value is -1.07. The van der Waals surface area contributed by atoms with Gasteiger partial charge in [0.15, 0.2) is 0 Å². The number of nitrogens with zero attached hydrogens (tertiary/aromatic N) is 1. The third-order valence-corrected chi connectivity index (χ3v) is 2.90. The Kier molecular flexibility index (Phi) is 3.16. The second-order valence-electron chi connectivity index (χ2n) is 4.01. The van der Waals surface area contributed by atoms with E-state index in [1.807, 2.05) is 0 Å². The molecular weight excluding hydrogens is 214 g/mol. The van der Waals surface area contributed by atoms with Gasteiger partial charge in [0.2, 0.25) is 0 Å². The fraction of sp³-hybridized carbons (Fsp3) is 0.545. The summed E-state index contributed by atoms with van der Waals surface area (Å²) in [7, 11) is 0. The van der Waals surface area contributed by atoms with Crippen molar-refractivity contribution in [1.82, 2.24) is 10.3 Å². The van der Waals surface area contributed by atoms with Gasteiger partial charge >= 0.3 is 0 Å². The Morgan fingerprint density at radius 2 is 2.38 bits per heavy atom. The first-order valence-electron chi connectivity index (χ1n) is 5.28. The number of hydrogen-bond donors (Lipinski definition) is 2. The average Bonchev–Trinajstić information content (AvgIpc) is 2.28. The maximum absolute atomic E-state index is 13.7. The highest BCUT2D eigenvalue weighted by atomic mass is 19.3. The zero-order valence-corrected chi connectivity index (χ0v) is 8.79. The summed E-state index contributed by atoms with van der Waals surface area (Å²) >= 11 is 0. The highest BCUT2D eigenvalue weighted by molar-refractivity contribution is 5.24. The summed E-state index contributed by atoms with van der Waals surface area (Å²) in [5.41, 5.74) is 0.968. The Morgan fingerprint density at radius 1 is 1.56 bits per heavy atom. The normalized spacial score (nSPS) is 24.3. The van der Waals surface area contributed by atoms with Gasteiger partial charge in [-0.15, -0.1) is 0 Å². The van der Waals surface area contributed by atoms with Crippen LogP contribution in [0.2, 0.25) is 0 Å². The minimum absolute atomic E-state index is 0.144. The third kappa shape index (κ3) is 2.20. The molecule has 2 N–H and O–H groups in total. The van der Waals surface area contributed by atoms with E-state index < -0.39 is 11.8 Å². The molecule has 0 saturated carbocycles. The Morgan fingerprint density at radius 3 is 3.06 bits per heavy atom. The fourth-order valence-corrected chi connectivity index (χ4v) is 1.99. The molecule has 88 valence electrons. The number of alkyl halides is 2. The lowest BCUT2D eigenvalue weighted by Crippen LogP contribution is -2.42. The smallest absolute Gasteiger partial charge is 0.257 e. The van der Waals surface area contributed by atoms with Crippen LogP contribution in [-0.2, 0) is 6.61 Å². The predicted octanol–water partition coefficient (Wildman–Crippen LogP) is 1.29. The summed E-state index contributed by atoms with van der Waals surface area (Å²) in [6.45, 7) is 0.392. The zero-order chi connectivity index (χ0) is 11.6. The molecule has 0 spiro atoms. The van der Waals surface area contributed by atoms with Crippen LogP contribution in [0.3, 0.4) is 0 Å². The number of rotatable bonds is 2. The topological polar surface area (TPSA) is 45.1 Å². The van der Waals surface area contributed by atoms with Gasteiger partial charge in [-0.1, -0.05) is 0 Å². The maximum Gasteiger partial charge on any atom is 0.257 e. The van der Waals surface area contributed by atoms with Crippen LogP contribution < -0.4 is 5.32 Å². The van der Waals surface area contributed by atoms with Crippen LogP contribution in [0, 0.1) is 0 Å². The van der Waals surface area contributed by atoms with Crippen molar-refractivity contribution in [3.05, 3.63) is 29.6 Å². The Balaban J connectivity index is 2.27. The molecule has 2 rings (SSSR count). The van der Waals surface area contributed by atoms with E-state index in [9.17, 15) is 8.78 Å². The lowest BCUT2D eigenvalue weighted by atomic mass is 9.88. The third-order valence-electron chi connectivity index (χ3n) is 2.90. The first kappa shape index (κ1) is 11.4. The molecule has 1 aliphatic rings. The minimum atomic E-state index is -2.68. The van der Waals surface area contributed by atoms with E-state index in [-0.39, 0.29) is 19.6 Å². The van der Waals surface area contributed by atoms with E-state index in [4.69, 9.17) is 5.11 Å². The van der Waals surface area contributed by atoms with Crippen LogP contribution in [0.1, 0.15) is 23.6 Å². The second-order valence-corrected chi connectivity index (χ2v) is 4.01. The van der Waals surface area contributed by atoms with Gasteiger partial charge in [-0.05, 0) is 17.7 Å². The predicted molar refractivity (Wildman–Crippen MR) is 55.3 cm³/mol. The highest BCUT2D eigenvalue weighted by Crippen LogP contribution is 2.37. The van der Waals surface area contributed by atoms with E-state index in [0.29, 0.717) is 17.8 Å². The molecule has 1 unspecified atom stereocenters. The summed E-state index contributed by atoms with van der Waals surface area (Å²) in [6.07, 6.45) is 1.32. The van der Waals surface area contributed by atoms with Gasteiger partial charge in [0, 0.05) is 25.7 Å². The summed E-state index contributed by atoms with van der Waals surface area (Å²) < 4.78 is 27.3. The number of halogens is 2. The van der Waals surface area contributed by atoms with Crippen LogP contribution in [0.25, 0.3) is 0 Å². The lowest BCUT2D eigenvalue weighted by Gasteiger charge is -2.32. The van der Waals surface area contributed by atoms with Crippen LogP contribution in [0.5, 0.6) is 0 Å². The number of aromatic nitrogens is 1. The molecule has 1 aliphatic heterocycles. The summed E-state index contributed by atoms with van der Waals surface area (Å²) in [5, 5.41) is 11.9. The van der Waals surface area contributed by atoms with Gasteiger partial charge in [0.1, 0.15) is 0 Å². The number of piperidine rings is 1. The van der Waals surface area contributed by atoms with Gasteiger partial charge in [-0.3, -0.25) is 4.98 Å². The Labute approximate surface area is 92.5 Å². The largest absolute Gasteiger partial charge is 0.390 e.